The van der Waals surface area contributed by atoms with Gasteiger partial charge in [0.15, 0.2) is 0 Å². The predicted octanol–water partition coefficient (Wildman–Crippen LogP) is 5.46. The van der Waals surface area contributed by atoms with Crippen molar-refractivity contribution in [3.63, 3.8) is 0 Å². The van der Waals surface area contributed by atoms with Gasteiger partial charge in [0.25, 0.3) is 21.6 Å². The quantitative estimate of drug-likeness (QED) is 0.111. The molecule has 286 valence electrons. The van der Waals surface area contributed by atoms with Gasteiger partial charge in [-0.3, -0.25) is 28.6 Å². The summed E-state index contributed by atoms with van der Waals surface area (Å²) >= 11 is 0. The molecule has 3 aromatic carbocycles. The molecule has 0 spiro atoms. The zero-order valence-electron chi connectivity index (χ0n) is 30.7. The summed E-state index contributed by atoms with van der Waals surface area (Å²) in [5.74, 6) is 0.731. The van der Waals surface area contributed by atoms with Gasteiger partial charge in [0, 0.05) is 17.6 Å². The number of nitrogens with zero attached hydrogens (tertiary/aromatic N) is 4. The van der Waals surface area contributed by atoms with E-state index in [9.17, 15) is 22.8 Å². The van der Waals surface area contributed by atoms with Crippen LogP contribution in [-0.4, -0.2) is 63.4 Å². The van der Waals surface area contributed by atoms with Gasteiger partial charge < -0.3 is 25.3 Å². The van der Waals surface area contributed by atoms with E-state index >= 15 is 0 Å². The number of ether oxygens (including phenoxy) is 3. The summed E-state index contributed by atoms with van der Waals surface area (Å²) in [6, 6.07) is 24.6. The average Bonchev–Trinajstić information content (AvgIpc) is 3.40. The van der Waals surface area contributed by atoms with Crippen molar-refractivity contribution in [1.82, 2.24) is 19.3 Å². The molecule has 6 rings (SSSR count). The molecule has 0 bridgehead atoms. The summed E-state index contributed by atoms with van der Waals surface area (Å²) in [5.41, 5.74) is 7.65. The summed E-state index contributed by atoms with van der Waals surface area (Å²) < 4.78 is 49.3. The standard InChI is InChI=1S/C32H32N6O6.C7H8O3S/c1-19(43-32(41)20(2)33)18-37-21(3)29(31(40)38(37)22-8-6-5-7-9-22)30(39)36-28-13-11-24(17-35-28)44-27-14-15-34-26-16-23(42-4)10-12-25(26)27;1-6-2-4-7(5-3-6)11(8,9)10/h5-17,19-20H,18,33H2,1-4H3,(H,35,36,39);2-5H,1H3,(H,8,9,10). The Morgan fingerprint density at radius 2 is 1.62 bits per heavy atom. The molecule has 4 N–H and O–H groups in total. The largest absolute Gasteiger partial charge is 0.497 e. The number of aromatic nitrogens is 4. The molecule has 0 saturated carbocycles. The minimum absolute atomic E-state index is 0.0666. The third-order valence-electron chi connectivity index (χ3n) is 8.18. The molecular formula is C39H40N6O9S. The Balaban J connectivity index is 0.000000454. The van der Waals surface area contributed by atoms with Gasteiger partial charge in [-0.1, -0.05) is 35.9 Å². The number of para-hydroxylation sites is 1. The van der Waals surface area contributed by atoms with E-state index in [-0.39, 0.29) is 22.8 Å². The van der Waals surface area contributed by atoms with E-state index in [1.54, 1.807) is 86.4 Å². The predicted molar refractivity (Wildman–Crippen MR) is 206 cm³/mol. The lowest BCUT2D eigenvalue weighted by Gasteiger charge is -2.19. The number of esters is 1. The van der Waals surface area contributed by atoms with Crippen LogP contribution in [0.1, 0.15) is 35.5 Å². The van der Waals surface area contributed by atoms with Crippen molar-refractivity contribution in [2.24, 2.45) is 5.73 Å². The van der Waals surface area contributed by atoms with Crippen LogP contribution in [0.5, 0.6) is 17.2 Å². The number of anilines is 1. The molecule has 3 heterocycles. The van der Waals surface area contributed by atoms with Gasteiger partial charge in [-0.25, -0.2) is 9.67 Å². The Hall–Kier alpha value is -6.36. The maximum Gasteiger partial charge on any atom is 0.322 e. The van der Waals surface area contributed by atoms with Crippen molar-refractivity contribution in [1.29, 1.82) is 0 Å². The van der Waals surface area contributed by atoms with E-state index in [1.807, 2.05) is 31.2 Å². The summed E-state index contributed by atoms with van der Waals surface area (Å²) in [6.45, 7) is 6.84. The Labute approximate surface area is 317 Å². The van der Waals surface area contributed by atoms with Gasteiger partial charge in [0.05, 0.1) is 41.6 Å². The highest BCUT2D eigenvalue weighted by atomic mass is 32.2. The van der Waals surface area contributed by atoms with E-state index in [4.69, 9.17) is 24.5 Å². The average molecular weight is 769 g/mol. The Morgan fingerprint density at radius 1 is 0.927 bits per heavy atom. The van der Waals surface area contributed by atoms with Crippen molar-refractivity contribution in [2.45, 2.75) is 51.3 Å². The van der Waals surface area contributed by atoms with Crippen molar-refractivity contribution in [2.75, 3.05) is 12.4 Å². The first-order valence-electron chi connectivity index (χ1n) is 16.9. The second kappa shape index (κ2) is 17.2. The molecule has 0 fully saturated rings. The van der Waals surface area contributed by atoms with E-state index in [1.165, 1.54) is 29.9 Å². The van der Waals surface area contributed by atoms with Crippen LogP contribution in [0.4, 0.5) is 5.82 Å². The second-order valence-electron chi connectivity index (χ2n) is 12.4. The zero-order valence-corrected chi connectivity index (χ0v) is 31.5. The fourth-order valence-corrected chi connectivity index (χ4v) is 5.87. The van der Waals surface area contributed by atoms with Gasteiger partial charge in [-0.05, 0) is 82.3 Å². The van der Waals surface area contributed by atoms with Crippen LogP contribution in [-0.2, 0) is 26.2 Å². The van der Waals surface area contributed by atoms with Crippen molar-refractivity contribution in [3.05, 3.63) is 131 Å². The molecule has 0 saturated heterocycles. The first-order valence-corrected chi connectivity index (χ1v) is 18.4. The third kappa shape index (κ3) is 9.80. The molecule has 55 heavy (non-hydrogen) atoms. The fourth-order valence-electron chi connectivity index (χ4n) is 5.39. The number of amides is 1. The lowest BCUT2D eigenvalue weighted by molar-refractivity contribution is -0.150. The highest BCUT2D eigenvalue weighted by Crippen LogP contribution is 2.31. The summed E-state index contributed by atoms with van der Waals surface area (Å²) in [7, 11) is -2.43. The number of carbonyl (C=O) groups excluding carboxylic acids is 2. The van der Waals surface area contributed by atoms with Crippen LogP contribution < -0.4 is 26.1 Å². The first kappa shape index (κ1) is 39.8. The van der Waals surface area contributed by atoms with E-state index in [0.717, 1.165) is 10.9 Å². The van der Waals surface area contributed by atoms with Crippen LogP contribution in [0, 0.1) is 13.8 Å². The minimum atomic E-state index is -4.02. The van der Waals surface area contributed by atoms with Crippen molar-refractivity contribution < 1.29 is 36.8 Å². The number of methoxy groups -OCH3 is 1. The van der Waals surface area contributed by atoms with E-state index < -0.39 is 39.7 Å². The third-order valence-corrected chi connectivity index (χ3v) is 9.05. The van der Waals surface area contributed by atoms with Crippen LogP contribution in [0.3, 0.4) is 0 Å². The topological polar surface area (TPSA) is 207 Å². The van der Waals surface area contributed by atoms with Gasteiger partial charge in [0.1, 0.15) is 40.8 Å². The highest BCUT2D eigenvalue weighted by Gasteiger charge is 2.26. The molecule has 2 unspecified atom stereocenters. The molecule has 15 nitrogen and oxygen atoms in total. The monoisotopic (exact) mass is 768 g/mol. The number of benzene rings is 3. The first-order chi connectivity index (χ1) is 26.2. The van der Waals surface area contributed by atoms with Crippen LogP contribution in [0.15, 0.2) is 113 Å². The Morgan fingerprint density at radius 3 is 2.24 bits per heavy atom. The minimum Gasteiger partial charge on any atom is -0.497 e. The number of aryl methyl sites for hydroxylation is 1. The lowest BCUT2D eigenvalue weighted by atomic mass is 10.2. The number of carbonyl (C=O) groups is 2. The SMILES string of the molecule is COc1ccc2c(Oc3ccc(NC(=O)c4c(C)n(CC(C)OC(=O)C(C)N)n(-c5ccccc5)c4=O)nc3)ccnc2c1.Cc1ccc(S(=O)(=O)O)cc1. The molecule has 2 atom stereocenters. The molecule has 3 aromatic heterocycles. The van der Waals surface area contributed by atoms with Gasteiger partial charge in [-0.2, -0.15) is 8.42 Å². The summed E-state index contributed by atoms with van der Waals surface area (Å²) in [6.07, 6.45) is 2.48. The molecule has 6 aromatic rings. The van der Waals surface area contributed by atoms with Crippen LogP contribution in [0.2, 0.25) is 0 Å². The smallest absolute Gasteiger partial charge is 0.322 e. The van der Waals surface area contributed by atoms with E-state index in [2.05, 4.69) is 15.3 Å². The van der Waals surface area contributed by atoms with Crippen LogP contribution in [0.25, 0.3) is 16.6 Å². The molecule has 1 amide bonds. The second-order valence-corrected chi connectivity index (χ2v) is 13.9. The van der Waals surface area contributed by atoms with E-state index in [0.29, 0.717) is 34.1 Å². The molecule has 0 radical (unpaired) electrons. The zero-order chi connectivity index (χ0) is 39.9. The fraction of sp³-hybridized carbons (Fsp3) is 0.205. The van der Waals surface area contributed by atoms with Crippen LogP contribution >= 0.6 is 0 Å². The summed E-state index contributed by atoms with van der Waals surface area (Å²) in [4.78, 5) is 47.8. The van der Waals surface area contributed by atoms with Crippen molar-refractivity contribution >= 4 is 38.7 Å². The number of pyridine rings is 2. The number of nitrogens with two attached hydrogens (primary N) is 1. The lowest BCUT2D eigenvalue weighted by Crippen LogP contribution is -2.34. The maximum atomic E-state index is 13.7. The maximum absolute atomic E-state index is 13.7. The number of rotatable bonds is 11. The molecule has 0 aliphatic carbocycles. The molecule has 0 aliphatic heterocycles. The van der Waals surface area contributed by atoms with Gasteiger partial charge >= 0.3 is 5.97 Å². The molecule has 16 heteroatoms. The van der Waals surface area contributed by atoms with Gasteiger partial charge in [0.2, 0.25) is 0 Å². The normalized spacial score (nSPS) is 12.2. The number of fused-ring (bicyclic) bond motifs is 1. The molecule has 0 aliphatic rings. The number of hydrogen-bond donors (Lipinski definition) is 3. The number of nitrogens with one attached hydrogen (secondary N) is 1. The number of hydrogen-bond acceptors (Lipinski definition) is 11. The summed E-state index contributed by atoms with van der Waals surface area (Å²) in [5, 5.41) is 3.50. The molecular weight excluding hydrogens is 729 g/mol. The van der Waals surface area contributed by atoms with Gasteiger partial charge in [-0.15, -0.1) is 0 Å². The van der Waals surface area contributed by atoms with Crippen molar-refractivity contribution in [3.8, 4) is 22.9 Å². The Bertz CT molecular complexity index is 2470. The Kier molecular flexibility index (Phi) is 12.5. The highest BCUT2D eigenvalue weighted by molar-refractivity contribution is 7.85.